The van der Waals surface area contributed by atoms with Gasteiger partial charge in [0.2, 0.25) is 0 Å². The van der Waals surface area contributed by atoms with Crippen LogP contribution in [0.3, 0.4) is 0 Å². The van der Waals surface area contributed by atoms with Crippen LogP contribution in [-0.2, 0) is 4.79 Å². The Morgan fingerprint density at radius 1 is 1.39 bits per heavy atom. The third-order valence-electron chi connectivity index (χ3n) is 3.42. The number of para-hydroxylation sites is 2. The van der Waals surface area contributed by atoms with Crippen molar-refractivity contribution in [2.45, 2.75) is 31.9 Å². The Morgan fingerprint density at radius 2 is 2.17 bits per heavy atom. The van der Waals surface area contributed by atoms with Crippen molar-refractivity contribution in [3.8, 4) is 5.75 Å². The van der Waals surface area contributed by atoms with Crippen LogP contribution in [0.5, 0.6) is 5.75 Å². The second-order valence-corrected chi connectivity index (χ2v) is 4.95. The van der Waals surface area contributed by atoms with Gasteiger partial charge in [0.15, 0.2) is 6.10 Å². The molecular weight excluding hydrogens is 228 g/mol. The van der Waals surface area contributed by atoms with Crippen molar-refractivity contribution in [3.05, 3.63) is 24.3 Å². The van der Waals surface area contributed by atoms with Crippen molar-refractivity contribution in [1.82, 2.24) is 5.32 Å². The van der Waals surface area contributed by atoms with Gasteiger partial charge in [-0.1, -0.05) is 12.1 Å². The largest absolute Gasteiger partial charge is 0.479 e. The first-order chi connectivity index (χ1) is 8.75. The molecule has 4 nitrogen and oxygen atoms in total. The minimum absolute atomic E-state index is 0.0475. The lowest BCUT2D eigenvalue weighted by atomic mass is 10.2. The molecule has 96 valence electrons. The van der Waals surface area contributed by atoms with Gasteiger partial charge < -0.3 is 15.0 Å². The van der Waals surface area contributed by atoms with Gasteiger partial charge in [0.1, 0.15) is 5.75 Å². The van der Waals surface area contributed by atoms with E-state index in [0.717, 1.165) is 18.0 Å². The molecule has 1 heterocycles. The highest BCUT2D eigenvalue weighted by Crippen LogP contribution is 2.33. The Balaban J connectivity index is 1.74. The van der Waals surface area contributed by atoms with E-state index >= 15 is 0 Å². The number of nitrogens with zero attached hydrogens (tertiary/aromatic N) is 1. The summed E-state index contributed by atoms with van der Waals surface area (Å²) in [6.45, 7) is 3.36. The van der Waals surface area contributed by atoms with Gasteiger partial charge in [0.05, 0.1) is 5.69 Å². The van der Waals surface area contributed by atoms with Gasteiger partial charge in [-0.25, -0.2) is 0 Å². The van der Waals surface area contributed by atoms with Crippen molar-refractivity contribution in [3.63, 3.8) is 0 Å². The predicted molar refractivity (Wildman–Crippen MR) is 69.9 cm³/mol. The van der Waals surface area contributed by atoms with E-state index in [2.05, 4.69) is 5.32 Å². The van der Waals surface area contributed by atoms with E-state index in [1.807, 2.05) is 29.2 Å². The molecular formula is C14H18N2O2. The summed E-state index contributed by atoms with van der Waals surface area (Å²) >= 11 is 0. The average molecular weight is 246 g/mol. The first-order valence-electron chi connectivity index (χ1n) is 6.56. The van der Waals surface area contributed by atoms with Gasteiger partial charge in [-0.2, -0.15) is 0 Å². The molecule has 1 aliphatic heterocycles. The second-order valence-electron chi connectivity index (χ2n) is 4.95. The second kappa shape index (κ2) is 4.61. The van der Waals surface area contributed by atoms with Gasteiger partial charge in [0.25, 0.3) is 5.91 Å². The number of rotatable bonds is 4. The summed E-state index contributed by atoms with van der Waals surface area (Å²) in [5.41, 5.74) is 0.887. The minimum Gasteiger partial charge on any atom is -0.479 e. The molecule has 1 fully saturated rings. The number of hydrogen-bond acceptors (Lipinski definition) is 3. The van der Waals surface area contributed by atoms with E-state index < -0.39 is 0 Å². The van der Waals surface area contributed by atoms with Crippen LogP contribution in [0.1, 0.15) is 19.8 Å². The van der Waals surface area contributed by atoms with Crippen molar-refractivity contribution < 1.29 is 9.53 Å². The highest BCUT2D eigenvalue weighted by molar-refractivity contribution is 5.99. The molecule has 1 unspecified atom stereocenters. The number of anilines is 1. The van der Waals surface area contributed by atoms with Gasteiger partial charge >= 0.3 is 0 Å². The molecule has 3 rings (SSSR count). The Bertz CT molecular complexity index is 457. The van der Waals surface area contributed by atoms with Crippen LogP contribution in [0.2, 0.25) is 0 Å². The summed E-state index contributed by atoms with van der Waals surface area (Å²) < 4.78 is 5.60. The maximum atomic E-state index is 12.2. The standard InChI is InChI=1S/C14H18N2O2/c1-10-14(17)16(9-8-15-11-6-7-11)12-4-2-3-5-13(12)18-10/h2-5,10-11,15H,6-9H2,1H3. The van der Waals surface area contributed by atoms with Crippen LogP contribution >= 0.6 is 0 Å². The first kappa shape index (κ1) is 11.5. The number of hydrogen-bond donors (Lipinski definition) is 1. The Morgan fingerprint density at radius 3 is 2.94 bits per heavy atom. The van der Waals surface area contributed by atoms with Crippen LogP contribution in [0.4, 0.5) is 5.69 Å². The van der Waals surface area contributed by atoms with Gasteiger partial charge in [-0.05, 0) is 31.9 Å². The number of fused-ring (bicyclic) bond motifs is 1. The minimum atomic E-state index is -0.388. The summed E-state index contributed by atoms with van der Waals surface area (Å²) in [4.78, 5) is 14.0. The van der Waals surface area contributed by atoms with E-state index in [1.165, 1.54) is 12.8 Å². The van der Waals surface area contributed by atoms with Gasteiger partial charge in [-0.3, -0.25) is 4.79 Å². The van der Waals surface area contributed by atoms with Crippen molar-refractivity contribution in [2.24, 2.45) is 0 Å². The molecule has 1 amide bonds. The molecule has 1 aromatic rings. The average Bonchev–Trinajstić information content (AvgIpc) is 3.18. The molecule has 1 atom stereocenters. The Kier molecular flexibility index (Phi) is 2.96. The molecule has 1 saturated carbocycles. The molecule has 1 N–H and O–H groups in total. The number of carbonyl (C=O) groups excluding carboxylic acids is 1. The zero-order valence-corrected chi connectivity index (χ0v) is 10.6. The van der Waals surface area contributed by atoms with E-state index in [9.17, 15) is 4.79 Å². The SMILES string of the molecule is CC1Oc2ccccc2N(CCNC2CC2)C1=O. The lowest BCUT2D eigenvalue weighted by Gasteiger charge is -2.33. The normalized spacial score (nSPS) is 22.6. The highest BCUT2D eigenvalue weighted by Gasteiger charge is 2.31. The monoisotopic (exact) mass is 246 g/mol. The van der Waals surface area contributed by atoms with Crippen LogP contribution in [0.25, 0.3) is 0 Å². The van der Waals surface area contributed by atoms with Crippen LogP contribution in [0.15, 0.2) is 24.3 Å². The van der Waals surface area contributed by atoms with E-state index in [4.69, 9.17) is 4.74 Å². The molecule has 0 spiro atoms. The van der Waals surface area contributed by atoms with E-state index in [1.54, 1.807) is 6.92 Å². The summed E-state index contributed by atoms with van der Waals surface area (Å²) in [7, 11) is 0. The lowest BCUT2D eigenvalue weighted by Crippen LogP contribution is -2.47. The number of benzene rings is 1. The fourth-order valence-corrected chi connectivity index (χ4v) is 2.26. The third kappa shape index (κ3) is 2.20. The van der Waals surface area contributed by atoms with Gasteiger partial charge in [-0.15, -0.1) is 0 Å². The molecule has 4 heteroatoms. The Labute approximate surface area is 107 Å². The Hall–Kier alpha value is -1.55. The maximum absolute atomic E-state index is 12.2. The van der Waals surface area contributed by atoms with Crippen molar-refractivity contribution >= 4 is 11.6 Å². The maximum Gasteiger partial charge on any atom is 0.267 e. The smallest absolute Gasteiger partial charge is 0.267 e. The molecule has 18 heavy (non-hydrogen) atoms. The number of amides is 1. The summed E-state index contributed by atoms with van der Waals surface area (Å²) in [5.74, 6) is 0.849. The molecule has 0 saturated heterocycles. The molecule has 2 aliphatic rings. The number of carbonyl (C=O) groups is 1. The lowest BCUT2D eigenvalue weighted by molar-refractivity contribution is -0.125. The van der Waals surface area contributed by atoms with Crippen LogP contribution in [0, 0.1) is 0 Å². The zero-order chi connectivity index (χ0) is 12.5. The molecule has 0 radical (unpaired) electrons. The fraction of sp³-hybridized carbons (Fsp3) is 0.500. The first-order valence-corrected chi connectivity index (χ1v) is 6.56. The van der Waals surface area contributed by atoms with Crippen molar-refractivity contribution in [2.75, 3.05) is 18.0 Å². The summed E-state index contributed by atoms with van der Waals surface area (Å²) in [5, 5.41) is 3.44. The van der Waals surface area contributed by atoms with Crippen LogP contribution < -0.4 is 15.0 Å². The fourth-order valence-electron chi connectivity index (χ4n) is 2.26. The summed E-state index contributed by atoms with van der Waals surface area (Å²) in [6, 6.07) is 8.40. The quantitative estimate of drug-likeness (QED) is 0.876. The summed E-state index contributed by atoms with van der Waals surface area (Å²) in [6.07, 6.45) is 2.15. The van der Waals surface area contributed by atoms with E-state index in [-0.39, 0.29) is 12.0 Å². The molecule has 0 aromatic heterocycles. The number of nitrogens with one attached hydrogen (secondary N) is 1. The zero-order valence-electron chi connectivity index (χ0n) is 10.6. The number of ether oxygens (including phenoxy) is 1. The molecule has 0 bridgehead atoms. The topological polar surface area (TPSA) is 41.6 Å². The predicted octanol–water partition coefficient (Wildman–Crippen LogP) is 1.55. The van der Waals surface area contributed by atoms with E-state index in [0.29, 0.717) is 12.6 Å². The van der Waals surface area contributed by atoms with Crippen LogP contribution in [-0.4, -0.2) is 31.1 Å². The van der Waals surface area contributed by atoms with Gasteiger partial charge in [0, 0.05) is 19.1 Å². The molecule has 1 aliphatic carbocycles. The third-order valence-corrected chi connectivity index (χ3v) is 3.42. The van der Waals surface area contributed by atoms with Crippen molar-refractivity contribution in [1.29, 1.82) is 0 Å². The molecule has 1 aromatic carbocycles. The highest BCUT2D eigenvalue weighted by atomic mass is 16.5.